The summed E-state index contributed by atoms with van der Waals surface area (Å²) in [6.07, 6.45) is 6.97. The molecule has 10 nitrogen and oxygen atoms in total. The Balaban J connectivity index is 1.27. The minimum Gasteiger partial charge on any atom is -0.455 e. The fraction of sp³-hybridized carbons (Fsp3) is 0.207. The predicted molar refractivity (Wildman–Crippen MR) is 154 cm³/mol. The number of hydrogen-bond donors (Lipinski definition) is 3. The van der Waals surface area contributed by atoms with Crippen molar-refractivity contribution >= 4 is 56.5 Å². The summed E-state index contributed by atoms with van der Waals surface area (Å²) in [6.45, 7) is 5.37. The molecule has 1 aliphatic heterocycles. The van der Waals surface area contributed by atoms with Gasteiger partial charge in [0.25, 0.3) is 5.91 Å². The molecule has 1 aromatic carbocycles. The monoisotopic (exact) mass is 554 g/mol. The molecule has 1 aliphatic carbocycles. The average molecular weight is 555 g/mol. The smallest absolute Gasteiger partial charge is 0.331 e. The Morgan fingerprint density at radius 2 is 1.88 bits per heavy atom. The second-order valence-electron chi connectivity index (χ2n) is 9.59. The van der Waals surface area contributed by atoms with E-state index < -0.39 is 0 Å². The molecule has 4 aromatic rings. The fourth-order valence-corrected chi connectivity index (χ4v) is 6.17. The quantitative estimate of drug-likeness (QED) is 0.262. The first-order chi connectivity index (χ1) is 19.4. The molecule has 0 saturated heterocycles. The van der Waals surface area contributed by atoms with Crippen molar-refractivity contribution in [3.05, 3.63) is 78.1 Å². The number of ether oxygens (including phenoxy) is 1. The number of thiophene rings is 1. The van der Waals surface area contributed by atoms with Crippen LogP contribution in [0, 0.1) is 6.92 Å². The standard InChI is InChI=1S/C29H26N6O4S/c1-3-23(36)32-19-6-4-7-20(19)33-27(37)26-25-24-21(13-15-31-28(24)40-26)35(29(38)34-25)17-9-11-18(12-10-17)39-22-8-5-14-30-16(22)2/h3,5,8-15,19-20H,1,4,6-7H2,2H3,(H,32,36)(H,33,37)(H,34,38)/t19-,20+/m0/s1. The van der Waals surface area contributed by atoms with Crippen molar-refractivity contribution in [3.63, 3.8) is 0 Å². The highest BCUT2D eigenvalue weighted by Crippen LogP contribution is 2.46. The lowest BCUT2D eigenvalue weighted by Crippen LogP contribution is -2.48. The van der Waals surface area contributed by atoms with E-state index in [-0.39, 0.29) is 29.9 Å². The highest BCUT2D eigenvalue weighted by molar-refractivity contribution is 7.21. The van der Waals surface area contributed by atoms with Crippen molar-refractivity contribution in [1.29, 1.82) is 0 Å². The summed E-state index contributed by atoms with van der Waals surface area (Å²) >= 11 is 1.22. The van der Waals surface area contributed by atoms with Crippen LogP contribution in [0.25, 0.3) is 10.2 Å². The summed E-state index contributed by atoms with van der Waals surface area (Å²) in [4.78, 5) is 49.9. The largest absolute Gasteiger partial charge is 0.455 e. The van der Waals surface area contributed by atoms with Gasteiger partial charge in [-0.2, -0.15) is 0 Å². The number of nitrogens with zero attached hydrogens (tertiary/aromatic N) is 3. The number of carbonyl (C=O) groups is 3. The Kier molecular flexibility index (Phi) is 6.64. The first-order valence-electron chi connectivity index (χ1n) is 12.9. The molecule has 4 heterocycles. The van der Waals surface area contributed by atoms with E-state index in [4.69, 9.17) is 4.74 Å². The lowest BCUT2D eigenvalue weighted by Gasteiger charge is -2.28. The molecular formula is C29H26N6O4S. The number of carbonyl (C=O) groups excluding carboxylic acids is 3. The zero-order valence-electron chi connectivity index (χ0n) is 21.6. The highest BCUT2D eigenvalue weighted by atomic mass is 32.1. The van der Waals surface area contributed by atoms with Gasteiger partial charge in [0.1, 0.15) is 21.2 Å². The van der Waals surface area contributed by atoms with E-state index in [9.17, 15) is 14.4 Å². The van der Waals surface area contributed by atoms with E-state index in [1.54, 1.807) is 47.6 Å². The van der Waals surface area contributed by atoms with Crippen LogP contribution in [-0.2, 0) is 4.79 Å². The minimum atomic E-state index is -0.388. The van der Waals surface area contributed by atoms with Crippen molar-refractivity contribution in [2.75, 3.05) is 10.2 Å². The molecule has 1 saturated carbocycles. The molecule has 40 heavy (non-hydrogen) atoms. The molecule has 6 rings (SSSR count). The summed E-state index contributed by atoms with van der Waals surface area (Å²) in [6, 6.07) is 11.8. The molecule has 11 heteroatoms. The maximum Gasteiger partial charge on any atom is 0.331 e. The van der Waals surface area contributed by atoms with Crippen LogP contribution in [0.2, 0.25) is 0 Å². The van der Waals surface area contributed by atoms with E-state index in [1.807, 2.05) is 19.1 Å². The van der Waals surface area contributed by atoms with Gasteiger partial charge in [0.2, 0.25) is 5.91 Å². The second kappa shape index (κ2) is 10.4. The van der Waals surface area contributed by atoms with Crippen molar-refractivity contribution in [3.8, 4) is 11.5 Å². The molecule has 2 atom stereocenters. The van der Waals surface area contributed by atoms with E-state index in [1.165, 1.54) is 17.4 Å². The van der Waals surface area contributed by atoms with Crippen molar-refractivity contribution in [1.82, 2.24) is 20.6 Å². The molecular weight excluding hydrogens is 528 g/mol. The van der Waals surface area contributed by atoms with Gasteiger partial charge in [-0.05, 0) is 74.7 Å². The SMILES string of the molecule is C=CC(=O)N[C@H]1CCC[C@H]1NC(=O)c1sc2nccc3c2c1NC(=O)N3c1ccc(Oc2cccnc2C)cc1. The minimum absolute atomic E-state index is 0.173. The third-order valence-electron chi connectivity index (χ3n) is 7.08. The maximum atomic E-state index is 13.4. The van der Waals surface area contributed by atoms with E-state index in [0.717, 1.165) is 25.0 Å². The van der Waals surface area contributed by atoms with Gasteiger partial charge in [-0.1, -0.05) is 6.58 Å². The second-order valence-corrected chi connectivity index (χ2v) is 10.6. The summed E-state index contributed by atoms with van der Waals surface area (Å²) < 4.78 is 5.95. The molecule has 4 amide bonds. The van der Waals surface area contributed by atoms with Gasteiger partial charge < -0.3 is 20.7 Å². The van der Waals surface area contributed by atoms with Gasteiger partial charge in [0.05, 0.1) is 28.1 Å². The van der Waals surface area contributed by atoms with Gasteiger partial charge in [-0.25, -0.2) is 9.78 Å². The zero-order chi connectivity index (χ0) is 27.8. The number of aromatic nitrogens is 2. The third-order valence-corrected chi connectivity index (χ3v) is 8.18. The zero-order valence-corrected chi connectivity index (χ0v) is 22.5. The summed E-state index contributed by atoms with van der Waals surface area (Å²) in [5.41, 5.74) is 2.48. The van der Waals surface area contributed by atoms with E-state index in [0.29, 0.717) is 43.7 Å². The average Bonchev–Trinajstić information content (AvgIpc) is 3.55. The number of aryl methyl sites for hydroxylation is 1. The summed E-state index contributed by atoms with van der Waals surface area (Å²) in [7, 11) is 0. The lowest BCUT2D eigenvalue weighted by molar-refractivity contribution is -0.117. The Labute approximate surface area is 234 Å². The van der Waals surface area contributed by atoms with Crippen LogP contribution in [0.5, 0.6) is 11.5 Å². The number of benzene rings is 1. The molecule has 1 fully saturated rings. The fourth-order valence-electron chi connectivity index (χ4n) is 5.15. The number of pyridine rings is 2. The predicted octanol–water partition coefficient (Wildman–Crippen LogP) is 5.43. The van der Waals surface area contributed by atoms with Crippen LogP contribution in [0.15, 0.2) is 67.5 Å². The van der Waals surface area contributed by atoms with Crippen molar-refractivity contribution < 1.29 is 19.1 Å². The maximum absolute atomic E-state index is 13.4. The molecule has 3 N–H and O–H groups in total. The number of nitrogens with one attached hydrogen (secondary N) is 3. The Hall–Kier alpha value is -4.77. The number of rotatable bonds is 7. The molecule has 3 aromatic heterocycles. The number of urea groups is 1. The molecule has 0 radical (unpaired) electrons. The number of amides is 4. The normalized spacial score (nSPS) is 17.8. The molecule has 0 unspecified atom stereocenters. The first kappa shape index (κ1) is 25.5. The van der Waals surface area contributed by atoms with Crippen LogP contribution in [0.3, 0.4) is 0 Å². The Morgan fingerprint density at radius 1 is 1.10 bits per heavy atom. The van der Waals surface area contributed by atoms with Crippen LogP contribution in [-0.4, -0.2) is 39.9 Å². The summed E-state index contributed by atoms with van der Waals surface area (Å²) in [5, 5.41) is 9.56. The Morgan fingerprint density at radius 3 is 2.62 bits per heavy atom. The van der Waals surface area contributed by atoms with Crippen LogP contribution >= 0.6 is 11.3 Å². The molecule has 0 bridgehead atoms. The highest BCUT2D eigenvalue weighted by Gasteiger charge is 2.35. The first-order valence-corrected chi connectivity index (χ1v) is 13.7. The van der Waals surface area contributed by atoms with Crippen molar-refractivity contribution in [2.24, 2.45) is 0 Å². The summed E-state index contributed by atoms with van der Waals surface area (Å²) in [5.74, 6) is 0.690. The number of anilines is 3. The van der Waals surface area contributed by atoms with Crippen LogP contribution in [0.4, 0.5) is 21.9 Å². The topological polar surface area (TPSA) is 126 Å². The van der Waals surface area contributed by atoms with Crippen molar-refractivity contribution in [2.45, 2.75) is 38.3 Å². The third kappa shape index (κ3) is 4.64. The molecule has 202 valence electrons. The van der Waals surface area contributed by atoms with E-state index >= 15 is 0 Å². The van der Waals surface area contributed by atoms with E-state index in [2.05, 4.69) is 32.5 Å². The lowest BCUT2D eigenvalue weighted by atomic mass is 10.1. The van der Waals surface area contributed by atoms with Crippen LogP contribution in [0.1, 0.15) is 34.6 Å². The van der Waals surface area contributed by atoms with Gasteiger partial charge in [0.15, 0.2) is 0 Å². The van der Waals surface area contributed by atoms with Crippen LogP contribution < -0.4 is 25.6 Å². The van der Waals surface area contributed by atoms with Gasteiger partial charge in [-0.3, -0.25) is 19.5 Å². The Bertz CT molecular complexity index is 1650. The van der Waals surface area contributed by atoms with Gasteiger partial charge >= 0.3 is 6.03 Å². The molecule has 0 spiro atoms. The molecule has 2 aliphatic rings. The van der Waals surface area contributed by atoms with Gasteiger partial charge in [-0.15, -0.1) is 11.3 Å². The number of hydrogen-bond acceptors (Lipinski definition) is 7. The van der Waals surface area contributed by atoms with Gasteiger partial charge in [0, 0.05) is 24.5 Å².